The van der Waals surface area contributed by atoms with Gasteiger partial charge in [0.25, 0.3) is 0 Å². The highest BCUT2D eigenvalue weighted by molar-refractivity contribution is 7.47. The second-order valence-electron chi connectivity index (χ2n) is 13.4. The van der Waals surface area contributed by atoms with Crippen LogP contribution >= 0.6 is 7.82 Å². The third-order valence-corrected chi connectivity index (χ3v) is 9.50. The lowest BCUT2D eigenvalue weighted by Gasteiger charge is -2.20. The lowest BCUT2D eigenvalue weighted by atomic mass is 10.1. The van der Waals surface area contributed by atoms with Crippen LogP contribution in [0.2, 0.25) is 0 Å². The van der Waals surface area contributed by atoms with Crippen LogP contribution in [0.1, 0.15) is 181 Å². The summed E-state index contributed by atoms with van der Waals surface area (Å²) in [5, 5.41) is 8.85. The average Bonchev–Trinajstić information content (AvgIpc) is 3.07. The fourth-order valence-electron chi connectivity index (χ4n) is 5.42. The van der Waals surface area contributed by atoms with E-state index in [0.717, 1.165) is 38.5 Å². The molecule has 0 bridgehead atoms. The molecule has 0 aromatic rings. The van der Waals surface area contributed by atoms with Crippen LogP contribution < -0.4 is 5.73 Å². The first-order valence-electron chi connectivity index (χ1n) is 19.7. The average molecular weight is 720 g/mol. The van der Waals surface area contributed by atoms with Crippen molar-refractivity contribution in [2.24, 2.45) is 5.73 Å². The van der Waals surface area contributed by atoms with Gasteiger partial charge in [0.05, 0.1) is 19.8 Å². The fourth-order valence-corrected chi connectivity index (χ4v) is 6.20. The van der Waals surface area contributed by atoms with Crippen LogP contribution in [0.15, 0.2) is 12.2 Å². The van der Waals surface area contributed by atoms with E-state index in [9.17, 15) is 19.0 Å². The zero-order valence-corrected chi connectivity index (χ0v) is 32.2. The van der Waals surface area contributed by atoms with E-state index in [1.54, 1.807) is 0 Å². The molecule has 0 rings (SSSR count). The van der Waals surface area contributed by atoms with Gasteiger partial charge in [-0.2, -0.15) is 0 Å². The highest BCUT2D eigenvalue weighted by Crippen LogP contribution is 2.43. The minimum Gasteiger partial charge on any atom is -0.480 e. The Morgan fingerprint density at radius 3 is 1.55 bits per heavy atom. The Morgan fingerprint density at radius 1 is 0.633 bits per heavy atom. The molecule has 0 aliphatic heterocycles. The van der Waals surface area contributed by atoms with Crippen molar-refractivity contribution in [3.63, 3.8) is 0 Å². The number of phosphoric ester groups is 1. The van der Waals surface area contributed by atoms with Crippen LogP contribution in [0, 0.1) is 0 Å². The number of hydrogen-bond acceptors (Lipinski definition) is 8. The topological polar surface area (TPSA) is 155 Å². The third kappa shape index (κ3) is 34.9. The maximum atomic E-state index is 12.5. The SMILES string of the molecule is CCCCCCCC/C=C\CCCCCCCCCCCC(=O)OC(COCCCCCCCCCC)COP(=O)(O)OCC(N)C(=O)O. The number of ether oxygens (including phenoxy) is 2. The highest BCUT2D eigenvalue weighted by atomic mass is 31.2. The van der Waals surface area contributed by atoms with Gasteiger partial charge in [0, 0.05) is 13.0 Å². The second kappa shape index (κ2) is 35.1. The van der Waals surface area contributed by atoms with Crippen molar-refractivity contribution in [2.45, 2.75) is 193 Å². The van der Waals surface area contributed by atoms with E-state index in [1.165, 1.54) is 116 Å². The first kappa shape index (κ1) is 47.7. The van der Waals surface area contributed by atoms with Crippen molar-refractivity contribution in [2.75, 3.05) is 26.4 Å². The second-order valence-corrected chi connectivity index (χ2v) is 14.9. The highest BCUT2D eigenvalue weighted by Gasteiger charge is 2.27. The standard InChI is InChI=1S/C38H74NO9P/c1-3-5-7-9-11-13-14-15-16-17-18-19-20-21-22-23-24-26-28-30-37(40)48-35(32-45-31-29-27-25-12-10-8-6-4-2)33-46-49(43,44)47-34-36(39)38(41)42/h15-16,35-36H,3-14,17-34,39H2,1-2H3,(H,41,42)(H,43,44)/b16-15-. The van der Waals surface area contributed by atoms with Crippen molar-refractivity contribution in [1.82, 2.24) is 0 Å². The number of carboxylic acid groups (broad SMARTS) is 1. The molecule has 3 unspecified atom stereocenters. The van der Waals surface area contributed by atoms with Crippen LogP contribution in [0.4, 0.5) is 0 Å². The molecular formula is C38H74NO9P. The van der Waals surface area contributed by atoms with E-state index in [2.05, 4.69) is 30.5 Å². The number of carbonyl (C=O) groups is 2. The molecule has 49 heavy (non-hydrogen) atoms. The number of rotatable bonds is 38. The molecule has 290 valence electrons. The summed E-state index contributed by atoms with van der Waals surface area (Å²) in [5.41, 5.74) is 5.33. The van der Waals surface area contributed by atoms with Gasteiger partial charge in [-0.3, -0.25) is 18.6 Å². The van der Waals surface area contributed by atoms with Gasteiger partial charge in [-0.25, -0.2) is 4.57 Å². The van der Waals surface area contributed by atoms with Crippen molar-refractivity contribution in [1.29, 1.82) is 0 Å². The quantitative estimate of drug-likeness (QED) is 0.0243. The Balaban J connectivity index is 4.16. The summed E-state index contributed by atoms with van der Waals surface area (Å²) >= 11 is 0. The van der Waals surface area contributed by atoms with E-state index < -0.39 is 45.1 Å². The summed E-state index contributed by atoms with van der Waals surface area (Å²) < 4.78 is 33.1. The smallest absolute Gasteiger partial charge is 0.472 e. The number of phosphoric acid groups is 1. The predicted molar refractivity (Wildman–Crippen MR) is 199 cm³/mol. The fraction of sp³-hybridized carbons (Fsp3) is 0.895. The monoisotopic (exact) mass is 720 g/mol. The zero-order valence-electron chi connectivity index (χ0n) is 31.3. The summed E-state index contributed by atoms with van der Waals surface area (Å²) in [5.74, 6) is -1.78. The number of esters is 1. The Hall–Kier alpha value is -1.29. The molecule has 0 aromatic carbocycles. The molecule has 11 heteroatoms. The zero-order chi connectivity index (χ0) is 36.3. The molecule has 0 aliphatic carbocycles. The number of hydrogen-bond donors (Lipinski definition) is 3. The number of aliphatic carboxylic acids is 1. The molecule has 0 aliphatic rings. The van der Waals surface area contributed by atoms with Crippen LogP contribution in [-0.2, 0) is 32.7 Å². The molecule has 0 amide bonds. The van der Waals surface area contributed by atoms with Gasteiger partial charge < -0.3 is 25.2 Å². The minimum atomic E-state index is -4.60. The van der Waals surface area contributed by atoms with Crippen LogP contribution in [-0.4, -0.2) is 60.5 Å². The number of unbranched alkanes of at least 4 members (excludes halogenated alkanes) is 22. The van der Waals surface area contributed by atoms with Gasteiger partial charge in [0.2, 0.25) is 0 Å². The van der Waals surface area contributed by atoms with E-state index in [1.807, 2.05) is 0 Å². The lowest BCUT2D eigenvalue weighted by molar-refractivity contribution is -0.154. The van der Waals surface area contributed by atoms with Crippen LogP contribution in [0.3, 0.4) is 0 Å². The molecule has 0 fully saturated rings. The predicted octanol–water partition coefficient (Wildman–Crippen LogP) is 10.2. The normalized spacial score (nSPS) is 14.2. The first-order valence-corrected chi connectivity index (χ1v) is 21.2. The van der Waals surface area contributed by atoms with Crippen molar-refractivity contribution < 1.29 is 42.7 Å². The number of allylic oxidation sites excluding steroid dienone is 2. The summed E-state index contributed by atoms with van der Waals surface area (Å²) in [6, 6.07) is -1.47. The molecule has 0 radical (unpaired) electrons. The molecule has 0 spiro atoms. The van der Waals surface area contributed by atoms with E-state index in [0.29, 0.717) is 13.0 Å². The van der Waals surface area contributed by atoms with Gasteiger partial charge in [0.1, 0.15) is 12.1 Å². The van der Waals surface area contributed by atoms with Gasteiger partial charge in [0.15, 0.2) is 0 Å². The van der Waals surface area contributed by atoms with Gasteiger partial charge in [-0.1, -0.05) is 148 Å². The van der Waals surface area contributed by atoms with Gasteiger partial charge >= 0.3 is 19.8 Å². The van der Waals surface area contributed by atoms with Crippen molar-refractivity contribution in [3.8, 4) is 0 Å². The maximum Gasteiger partial charge on any atom is 0.472 e. The number of nitrogens with two attached hydrogens (primary N) is 1. The lowest BCUT2D eigenvalue weighted by Crippen LogP contribution is -2.34. The molecule has 0 aromatic heterocycles. The van der Waals surface area contributed by atoms with Gasteiger partial charge in [-0.15, -0.1) is 0 Å². The Bertz CT molecular complexity index is 842. The first-order chi connectivity index (χ1) is 23.7. The van der Waals surface area contributed by atoms with E-state index in [4.69, 9.17) is 24.8 Å². The van der Waals surface area contributed by atoms with Crippen LogP contribution in [0.5, 0.6) is 0 Å². The molecule has 4 N–H and O–H groups in total. The number of carboxylic acids is 1. The summed E-state index contributed by atoms with van der Waals surface area (Å²) in [6.45, 7) is 3.85. The third-order valence-electron chi connectivity index (χ3n) is 8.54. The maximum absolute atomic E-state index is 12.5. The molecular weight excluding hydrogens is 645 g/mol. The molecule has 10 nitrogen and oxygen atoms in total. The largest absolute Gasteiger partial charge is 0.480 e. The Morgan fingerprint density at radius 2 is 1.06 bits per heavy atom. The summed E-state index contributed by atoms with van der Waals surface area (Å²) in [7, 11) is -4.60. The Labute approximate surface area is 299 Å². The minimum absolute atomic E-state index is 0.0202. The van der Waals surface area contributed by atoms with Gasteiger partial charge in [-0.05, 0) is 38.5 Å². The summed E-state index contributed by atoms with van der Waals surface area (Å²) in [4.78, 5) is 33.3. The Kier molecular flexibility index (Phi) is 34.2. The van der Waals surface area contributed by atoms with Crippen molar-refractivity contribution in [3.05, 3.63) is 12.2 Å². The van der Waals surface area contributed by atoms with Crippen molar-refractivity contribution >= 4 is 19.8 Å². The van der Waals surface area contributed by atoms with E-state index >= 15 is 0 Å². The summed E-state index contributed by atoms with van der Waals surface area (Å²) in [6.07, 6.45) is 34.2. The number of carbonyl (C=O) groups excluding carboxylic acids is 1. The molecule has 0 saturated carbocycles. The van der Waals surface area contributed by atoms with E-state index in [-0.39, 0.29) is 13.0 Å². The van der Waals surface area contributed by atoms with Crippen LogP contribution in [0.25, 0.3) is 0 Å². The molecule has 0 heterocycles. The molecule has 3 atom stereocenters. The molecule has 0 saturated heterocycles.